The number of amides is 2. The van der Waals surface area contributed by atoms with Crippen molar-refractivity contribution in [2.45, 2.75) is 38.1 Å². The summed E-state index contributed by atoms with van der Waals surface area (Å²) in [4.78, 5) is 23.5. The van der Waals surface area contributed by atoms with Crippen molar-refractivity contribution in [3.63, 3.8) is 0 Å². The first-order valence-corrected chi connectivity index (χ1v) is 7.54. The number of anilines is 1. The number of rotatable bonds is 5. The van der Waals surface area contributed by atoms with E-state index in [-0.39, 0.29) is 11.8 Å². The Morgan fingerprint density at radius 2 is 2.19 bits per heavy atom. The molecule has 3 N–H and O–H groups in total. The molecule has 1 aromatic carbocycles. The quantitative estimate of drug-likeness (QED) is 0.775. The van der Waals surface area contributed by atoms with E-state index in [1.807, 2.05) is 0 Å². The van der Waals surface area contributed by atoms with Crippen molar-refractivity contribution in [1.82, 2.24) is 10.6 Å². The lowest BCUT2D eigenvalue weighted by atomic mass is 10.0. The summed E-state index contributed by atoms with van der Waals surface area (Å²) in [7, 11) is 1.59. The van der Waals surface area contributed by atoms with Crippen LogP contribution in [0.15, 0.2) is 24.3 Å². The summed E-state index contributed by atoms with van der Waals surface area (Å²) in [5, 5.41) is 8.86. The molecule has 2 amide bonds. The Bertz CT molecular complexity index is 496. The van der Waals surface area contributed by atoms with Crippen LogP contribution in [0.4, 0.5) is 5.69 Å². The van der Waals surface area contributed by atoms with Gasteiger partial charge in [-0.3, -0.25) is 9.59 Å². The van der Waals surface area contributed by atoms with E-state index in [2.05, 4.69) is 16.0 Å². The Morgan fingerprint density at radius 3 is 2.90 bits per heavy atom. The van der Waals surface area contributed by atoms with E-state index in [9.17, 15) is 9.59 Å². The summed E-state index contributed by atoms with van der Waals surface area (Å²) in [5.74, 6) is -0.158. The molecule has 0 spiro atoms. The van der Waals surface area contributed by atoms with E-state index in [1.54, 1.807) is 31.3 Å². The molecule has 0 radical (unpaired) electrons. The molecule has 0 bridgehead atoms. The highest BCUT2D eigenvalue weighted by atomic mass is 16.2. The molecule has 0 saturated carbocycles. The molecule has 1 aliphatic heterocycles. The zero-order valence-corrected chi connectivity index (χ0v) is 12.4. The van der Waals surface area contributed by atoms with Crippen LogP contribution in [-0.4, -0.2) is 31.4 Å². The summed E-state index contributed by atoms with van der Waals surface area (Å²) in [6, 6.07) is 7.43. The molecular weight excluding hydrogens is 266 g/mol. The minimum atomic E-state index is -0.155. The number of piperidine rings is 1. The molecule has 1 aliphatic rings. The molecule has 5 heteroatoms. The van der Waals surface area contributed by atoms with Crippen LogP contribution in [0.2, 0.25) is 0 Å². The number of carbonyl (C=O) groups excluding carboxylic acids is 2. The molecule has 1 aromatic rings. The van der Waals surface area contributed by atoms with Crippen LogP contribution in [0.5, 0.6) is 0 Å². The van der Waals surface area contributed by atoms with Gasteiger partial charge in [-0.1, -0.05) is 12.5 Å². The van der Waals surface area contributed by atoms with Crippen molar-refractivity contribution in [3.8, 4) is 0 Å². The largest absolute Gasteiger partial charge is 0.355 e. The fourth-order valence-electron chi connectivity index (χ4n) is 2.58. The molecule has 21 heavy (non-hydrogen) atoms. The van der Waals surface area contributed by atoms with Gasteiger partial charge in [0.05, 0.1) is 0 Å². The van der Waals surface area contributed by atoms with E-state index in [0.29, 0.717) is 23.7 Å². The van der Waals surface area contributed by atoms with Crippen LogP contribution in [0.3, 0.4) is 0 Å². The van der Waals surface area contributed by atoms with Gasteiger partial charge >= 0.3 is 0 Å². The summed E-state index contributed by atoms with van der Waals surface area (Å²) < 4.78 is 0. The second-order valence-corrected chi connectivity index (χ2v) is 5.39. The van der Waals surface area contributed by atoms with Crippen molar-refractivity contribution >= 4 is 17.5 Å². The first kappa shape index (κ1) is 15.5. The molecule has 114 valence electrons. The smallest absolute Gasteiger partial charge is 0.251 e. The van der Waals surface area contributed by atoms with Crippen LogP contribution in [0, 0.1) is 0 Å². The number of benzene rings is 1. The van der Waals surface area contributed by atoms with Gasteiger partial charge in [0.15, 0.2) is 0 Å². The van der Waals surface area contributed by atoms with Gasteiger partial charge in [-0.05, 0) is 44.0 Å². The number of hydrogen-bond donors (Lipinski definition) is 3. The van der Waals surface area contributed by atoms with Gasteiger partial charge in [-0.2, -0.15) is 0 Å². The topological polar surface area (TPSA) is 70.2 Å². The third-order valence-corrected chi connectivity index (χ3v) is 3.77. The van der Waals surface area contributed by atoms with Crippen molar-refractivity contribution < 1.29 is 9.59 Å². The highest BCUT2D eigenvalue weighted by Crippen LogP contribution is 2.14. The van der Waals surface area contributed by atoms with Crippen molar-refractivity contribution in [2.24, 2.45) is 0 Å². The number of hydrogen-bond acceptors (Lipinski definition) is 3. The second-order valence-electron chi connectivity index (χ2n) is 5.39. The third kappa shape index (κ3) is 4.86. The highest BCUT2D eigenvalue weighted by molar-refractivity contribution is 5.97. The lowest BCUT2D eigenvalue weighted by molar-refractivity contribution is -0.116. The van der Waals surface area contributed by atoms with Gasteiger partial charge in [0.25, 0.3) is 5.91 Å². The second kappa shape index (κ2) is 7.78. The lowest BCUT2D eigenvalue weighted by Gasteiger charge is -2.23. The monoisotopic (exact) mass is 289 g/mol. The predicted octanol–water partition coefficient (Wildman–Crippen LogP) is 1.91. The maximum absolute atomic E-state index is 12.0. The summed E-state index contributed by atoms with van der Waals surface area (Å²) in [6.45, 7) is 1.06. The molecule has 1 saturated heterocycles. The van der Waals surface area contributed by atoms with Crippen LogP contribution < -0.4 is 16.0 Å². The summed E-state index contributed by atoms with van der Waals surface area (Å²) in [5.41, 5.74) is 1.21. The molecule has 5 nitrogen and oxygen atoms in total. The molecule has 0 aliphatic carbocycles. The minimum Gasteiger partial charge on any atom is -0.355 e. The Kier molecular flexibility index (Phi) is 5.75. The standard InChI is InChI=1S/C16H23N3O2/c1-17-16(21)12-5-4-7-14(11-12)19-15(20)9-8-13-6-2-3-10-18-13/h4-5,7,11,13,18H,2-3,6,8-10H2,1H3,(H,17,21)(H,19,20). The highest BCUT2D eigenvalue weighted by Gasteiger charge is 2.14. The van der Waals surface area contributed by atoms with Crippen LogP contribution in [-0.2, 0) is 4.79 Å². The number of carbonyl (C=O) groups is 2. The van der Waals surface area contributed by atoms with E-state index < -0.39 is 0 Å². The van der Waals surface area contributed by atoms with E-state index >= 15 is 0 Å². The van der Waals surface area contributed by atoms with E-state index in [4.69, 9.17) is 0 Å². The van der Waals surface area contributed by atoms with Gasteiger partial charge < -0.3 is 16.0 Å². The van der Waals surface area contributed by atoms with Crippen LogP contribution >= 0.6 is 0 Å². The van der Waals surface area contributed by atoms with Crippen molar-refractivity contribution in [1.29, 1.82) is 0 Å². The normalized spacial score (nSPS) is 18.0. The predicted molar refractivity (Wildman–Crippen MR) is 83.3 cm³/mol. The Balaban J connectivity index is 1.83. The third-order valence-electron chi connectivity index (χ3n) is 3.77. The molecule has 1 atom stereocenters. The van der Waals surface area contributed by atoms with Gasteiger partial charge in [0.1, 0.15) is 0 Å². The van der Waals surface area contributed by atoms with Gasteiger partial charge in [0, 0.05) is 30.8 Å². The van der Waals surface area contributed by atoms with Crippen molar-refractivity contribution in [3.05, 3.63) is 29.8 Å². The summed E-state index contributed by atoms with van der Waals surface area (Å²) in [6.07, 6.45) is 4.99. The van der Waals surface area contributed by atoms with Crippen LogP contribution in [0.1, 0.15) is 42.5 Å². The Hall–Kier alpha value is -1.88. The zero-order valence-electron chi connectivity index (χ0n) is 12.4. The van der Waals surface area contributed by atoms with E-state index in [0.717, 1.165) is 19.4 Å². The SMILES string of the molecule is CNC(=O)c1cccc(NC(=O)CCC2CCCCN2)c1. The molecular formula is C16H23N3O2. The van der Waals surface area contributed by atoms with E-state index in [1.165, 1.54) is 12.8 Å². The fourth-order valence-corrected chi connectivity index (χ4v) is 2.58. The van der Waals surface area contributed by atoms with Gasteiger partial charge in [-0.25, -0.2) is 0 Å². The maximum Gasteiger partial charge on any atom is 0.251 e. The number of nitrogens with one attached hydrogen (secondary N) is 3. The first-order valence-electron chi connectivity index (χ1n) is 7.54. The van der Waals surface area contributed by atoms with Gasteiger partial charge in [-0.15, -0.1) is 0 Å². The molecule has 1 heterocycles. The Labute approximate surface area is 125 Å². The molecule has 2 rings (SSSR count). The maximum atomic E-state index is 12.0. The zero-order chi connectivity index (χ0) is 15.1. The summed E-state index contributed by atoms with van der Waals surface area (Å²) >= 11 is 0. The molecule has 1 fully saturated rings. The average molecular weight is 289 g/mol. The Morgan fingerprint density at radius 1 is 1.33 bits per heavy atom. The average Bonchev–Trinajstić information content (AvgIpc) is 2.53. The van der Waals surface area contributed by atoms with Gasteiger partial charge in [0.2, 0.25) is 5.91 Å². The molecule has 0 aromatic heterocycles. The minimum absolute atomic E-state index is 0.00331. The van der Waals surface area contributed by atoms with Crippen molar-refractivity contribution in [2.75, 3.05) is 18.9 Å². The molecule has 1 unspecified atom stereocenters. The van der Waals surface area contributed by atoms with Crippen LogP contribution in [0.25, 0.3) is 0 Å². The fraction of sp³-hybridized carbons (Fsp3) is 0.500. The first-order chi connectivity index (χ1) is 10.2. The lowest BCUT2D eigenvalue weighted by Crippen LogP contribution is -2.34.